The normalized spacial score (nSPS) is 9.60. The number of terminal acetylenes is 1. The van der Waals surface area contributed by atoms with Gasteiger partial charge in [0.15, 0.2) is 0 Å². The molecule has 0 saturated carbocycles. The minimum absolute atomic E-state index is 0.110. The van der Waals surface area contributed by atoms with Gasteiger partial charge in [-0.3, -0.25) is 0 Å². The Morgan fingerprint density at radius 1 is 1.45 bits per heavy atom. The molecule has 0 aliphatic heterocycles. The summed E-state index contributed by atoms with van der Waals surface area (Å²) in [6.07, 6.45) is 5.92. The van der Waals surface area contributed by atoms with Gasteiger partial charge >= 0.3 is 12.0 Å². The predicted octanol–water partition coefficient (Wildman–Crippen LogP) is 1.97. The van der Waals surface area contributed by atoms with E-state index in [4.69, 9.17) is 11.5 Å². The van der Waals surface area contributed by atoms with Gasteiger partial charge in [-0.1, -0.05) is 12.8 Å². The van der Waals surface area contributed by atoms with Gasteiger partial charge < -0.3 is 20.4 Å². The zero-order valence-electron chi connectivity index (χ0n) is 11.1. The van der Waals surface area contributed by atoms with Gasteiger partial charge in [0.25, 0.3) is 0 Å². The van der Waals surface area contributed by atoms with Crippen LogP contribution in [0.15, 0.2) is 18.2 Å². The zero-order valence-corrected chi connectivity index (χ0v) is 11.1. The van der Waals surface area contributed by atoms with Crippen molar-refractivity contribution in [2.24, 2.45) is 0 Å². The molecule has 0 unspecified atom stereocenters. The monoisotopic (exact) mass is 276 g/mol. The van der Waals surface area contributed by atoms with Gasteiger partial charge in [-0.15, -0.1) is 6.42 Å². The number of carbonyl (C=O) groups is 2. The quantitative estimate of drug-likeness (QED) is 0.566. The van der Waals surface area contributed by atoms with Crippen LogP contribution in [-0.2, 0) is 0 Å². The second-order valence-corrected chi connectivity index (χ2v) is 4.09. The number of carboxylic acids is 1. The number of phenolic OH excluding ortho intramolecular Hbond substituents is 1. The molecule has 1 rings (SSSR count). The van der Waals surface area contributed by atoms with E-state index in [9.17, 15) is 14.7 Å². The summed E-state index contributed by atoms with van der Waals surface area (Å²) in [6, 6.07) is 3.23. The van der Waals surface area contributed by atoms with E-state index in [1.54, 1.807) is 0 Å². The van der Waals surface area contributed by atoms with E-state index < -0.39 is 12.0 Å². The van der Waals surface area contributed by atoms with Crippen molar-refractivity contribution < 1.29 is 19.8 Å². The molecular formula is C14H16N2O4. The summed E-state index contributed by atoms with van der Waals surface area (Å²) in [5.41, 5.74) is -0.0751. The minimum Gasteiger partial charge on any atom is -0.508 e. The van der Waals surface area contributed by atoms with Crippen molar-refractivity contribution in [2.75, 3.05) is 18.4 Å². The van der Waals surface area contributed by atoms with Crippen LogP contribution in [0.1, 0.15) is 23.7 Å². The summed E-state index contributed by atoms with van der Waals surface area (Å²) in [6.45, 7) is 2.51. The van der Waals surface area contributed by atoms with Crippen LogP contribution in [0.25, 0.3) is 0 Å². The highest BCUT2D eigenvalue weighted by molar-refractivity contribution is 6.00. The number of aromatic hydroxyl groups is 1. The van der Waals surface area contributed by atoms with Crippen molar-refractivity contribution in [1.82, 2.24) is 4.90 Å². The van der Waals surface area contributed by atoms with E-state index in [-0.39, 0.29) is 23.5 Å². The second-order valence-electron chi connectivity index (χ2n) is 4.09. The third-order valence-corrected chi connectivity index (χ3v) is 2.54. The third-order valence-electron chi connectivity index (χ3n) is 2.54. The molecule has 0 atom stereocenters. The number of aromatic carboxylic acids is 1. The van der Waals surface area contributed by atoms with Crippen LogP contribution >= 0.6 is 0 Å². The number of nitrogens with one attached hydrogen (secondary N) is 1. The number of carbonyl (C=O) groups excluding carboxylic acids is 1. The molecule has 0 radical (unpaired) electrons. The Balaban J connectivity index is 2.95. The lowest BCUT2D eigenvalue weighted by Crippen LogP contribution is -2.36. The summed E-state index contributed by atoms with van der Waals surface area (Å²) < 4.78 is 0. The summed E-state index contributed by atoms with van der Waals surface area (Å²) in [4.78, 5) is 24.5. The predicted molar refractivity (Wildman–Crippen MR) is 74.8 cm³/mol. The van der Waals surface area contributed by atoms with Gasteiger partial charge in [0.05, 0.1) is 17.8 Å². The molecule has 1 aromatic rings. The van der Waals surface area contributed by atoms with Gasteiger partial charge in [-0.05, 0) is 24.6 Å². The number of rotatable bonds is 5. The number of hydrogen-bond donors (Lipinski definition) is 3. The molecule has 0 spiro atoms. The van der Waals surface area contributed by atoms with Crippen LogP contribution in [0.3, 0.4) is 0 Å². The molecule has 106 valence electrons. The van der Waals surface area contributed by atoms with E-state index in [0.717, 1.165) is 12.5 Å². The first kappa shape index (κ1) is 15.4. The first-order valence-corrected chi connectivity index (χ1v) is 6.05. The van der Waals surface area contributed by atoms with E-state index in [1.165, 1.54) is 17.0 Å². The molecule has 0 bridgehead atoms. The van der Waals surface area contributed by atoms with Gasteiger partial charge in [0.1, 0.15) is 5.75 Å². The number of phenols is 1. The number of anilines is 1. The Labute approximate surface area is 117 Å². The number of benzene rings is 1. The largest absolute Gasteiger partial charge is 0.508 e. The molecule has 3 N–H and O–H groups in total. The maximum Gasteiger partial charge on any atom is 0.337 e. The molecule has 0 aromatic heterocycles. The zero-order chi connectivity index (χ0) is 15.1. The number of urea groups is 1. The minimum atomic E-state index is -1.24. The molecule has 20 heavy (non-hydrogen) atoms. The van der Waals surface area contributed by atoms with Gasteiger partial charge in [-0.25, -0.2) is 9.59 Å². The Bertz CT molecular complexity index is 549. The Morgan fingerprint density at radius 3 is 2.70 bits per heavy atom. The maximum atomic E-state index is 12.0. The first-order chi connectivity index (χ1) is 9.49. The highest BCUT2D eigenvalue weighted by Crippen LogP contribution is 2.21. The lowest BCUT2D eigenvalue weighted by molar-refractivity contribution is 0.0697. The van der Waals surface area contributed by atoms with E-state index in [1.807, 2.05) is 6.92 Å². The van der Waals surface area contributed by atoms with Crippen molar-refractivity contribution in [3.8, 4) is 18.1 Å². The molecule has 6 heteroatoms. The third kappa shape index (κ3) is 3.92. The van der Waals surface area contributed by atoms with Crippen molar-refractivity contribution in [1.29, 1.82) is 0 Å². The smallest absolute Gasteiger partial charge is 0.337 e. The van der Waals surface area contributed by atoms with Crippen LogP contribution in [-0.4, -0.2) is 40.2 Å². The highest BCUT2D eigenvalue weighted by atomic mass is 16.4. The number of amides is 2. The topological polar surface area (TPSA) is 89.9 Å². The lowest BCUT2D eigenvalue weighted by atomic mass is 10.1. The van der Waals surface area contributed by atoms with Crippen molar-refractivity contribution >= 4 is 17.7 Å². The maximum absolute atomic E-state index is 12.0. The average Bonchev–Trinajstić information content (AvgIpc) is 2.40. The molecular weight excluding hydrogens is 260 g/mol. The standard InChI is InChI=1S/C14H16N2O4/c1-3-7-16(8-4-2)14(20)15-12-6-5-10(17)9-11(12)13(18)19/h1,5-6,9,17H,4,7-8H2,2H3,(H,15,20)(H,18,19). The Morgan fingerprint density at radius 2 is 2.15 bits per heavy atom. The fraction of sp³-hybridized carbons (Fsp3) is 0.286. The summed E-state index contributed by atoms with van der Waals surface area (Å²) >= 11 is 0. The van der Waals surface area contributed by atoms with Crippen LogP contribution in [0.4, 0.5) is 10.5 Å². The highest BCUT2D eigenvalue weighted by Gasteiger charge is 2.16. The van der Waals surface area contributed by atoms with Crippen molar-refractivity contribution in [3.05, 3.63) is 23.8 Å². The van der Waals surface area contributed by atoms with Gasteiger partial charge in [0.2, 0.25) is 0 Å². The van der Waals surface area contributed by atoms with Crippen molar-refractivity contribution in [3.63, 3.8) is 0 Å². The van der Waals surface area contributed by atoms with Crippen LogP contribution in [0.2, 0.25) is 0 Å². The van der Waals surface area contributed by atoms with E-state index in [0.29, 0.717) is 6.54 Å². The van der Waals surface area contributed by atoms with E-state index in [2.05, 4.69) is 11.2 Å². The van der Waals surface area contributed by atoms with E-state index >= 15 is 0 Å². The summed E-state index contributed by atoms with van der Waals surface area (Å²) in [5.74, 6) is 0.948. The first-order valence-electron chi connectivity index (χ1n) is 6.05. The number of nitrogens with zero attached hydrogens (tertiary/aromatic N) is 1. The van der Waals surface area contributed by atoms with Crippen LogP contribution in [0.5, 0.6) is 5.75 Å². The molecule has 0 heterocycles. The Kier molecular flexibility index (Phi) is 5.42. The Hall–Kier alpha value is -2.68. The molecule has 0 aliphatic rings. The fourth-order valence-electron chi connectivity index (χ4n) is 1.64. The molecule has 0 fully saturated rings. The van der Waals surface area contributed by atoms with Crippen LogP contribution < -0.4 is 5.32 Å². The lowest BCUT2D eigenvalue weighted by Gasteiger charge is -2.20. The van der Waals surface area contributed by atoms with Crippen LogP contribution in [0, 0.1) is 12.3 Å². The molecule has 2 amide bonds. The molecule has 0 saturated heterocycles. The molecule has 0 aliphatic carbocycles. The van der Waals surface area contributed by atoms with Gasteiger partial charge in [0, 0.05) is 6.54 Å². The number of carboxylic acid groups (broad SMARTS) is 1. The molecule has 6 nitrogen and oxygen atoms in total. The fourth-order valence-corrected chi connectivity index (χ4v) is 1.64. The second kappa shape index (κ2) is 7.04. The summed E-state index contributed by atoms with van der Waals surface area (Å²) in [5, 5.41) is 20.8. The summed E-state index contributed by atoms with van der Waals surface area (Å²) in [7, 11) is 0. The van der Waals surface area contributed by atoms with Gasteiger partial charge in [-0.2, -0.15) is 0 Å². The average molecular weight is 276 g/mol. The van der Waals surface area contributed by atoms with Crippen molar-refractivity contribution in [2.45, 2.75) is 13.3 Å². The molecule has 1 aromatic carbocycles. The number of hydrogen-bond acceptors (Lipinski definition) is 3. The SMILES string of the molecule is C#CCN(CCC)C(=O)Nc1ccc(O)cc1C(=O)O.